The van der Waals surface area contributed by atoms with E-state index in [1.165, 1.54) is 0 Å². The number of imidazole rings is 1. The molecule has 6 nitrogen and oxygen atoms in total. The third kappa shape index (κ3) is 3.08. The van der Waals surface area contributed by atoms with Crippen molar-refractivity contribution in [3.63, 3.8) is 0 Å². The molecule has 2 heterocycles. The molecule has 7 heteroatoms. The van der Waals surface area contributed by atoms with Gasteiger partial charge in [-0.05, 0) is 35.9 Å². The lowest BCUT2D eigenvalue weighted by Crippen LogP contribution is -2.25. The number of hydrogen-bond donors (Lipinski definition) is 1. The van der Waals surface area contributed by atoms with Gasteiger partial charge in [0.2, 0.25) is 0 Å². The lowest BCUT2D eigenvalue weighted by Gasteiger charge is -2.08. The fourth-order valence-electron chi connectivity index (χ4n) is 3.56. The van der Waals surface area contributed by atoms with E-state index in [1.54, 1.807) is 9.13 Å². The van der Waals surface area contributed by atoms with Gasteiger partial charge in [-0.15, -0.1) is 0 Å². The first-order chi connectivity index (χ1) is 13.0. The van der Waals surface area contributed by atoms with Crippen LogP contribution in [0.4, 0.5) is 0 Å². The molecule has 2 aromatic heterocycles. The summed E-state index contributed by atoms with van der Waals surface area (Å²) >= 11 is 3.56. The van der Waals surface area contributed by atoms with Crippen molar-refractivity contribution in [2.45, 2.75) is 19.5 Å². The van der Waals surface area contributed by atoms with Gasteiger partial charge in [0.1, 0.15) is 0 Å². The van der Waals surface area contributed by atoms with Crippen molar-refractivity contribution in [3.05, 3.63) is 69.2 Å². The first kappa shape index (κ1) is 17.6. The summed E-state index contributed by atoms with van der Waals surface area (Å²) in [5.74, 6) is -0.920. The van der Waals surface area contributed by atoms with E-state index < -0.39 is 5.97 Å². The van der Waals surface area contributed by atoms with Crippen LogP contribution < -0.4 is 5.69 Å². The molecular formula is C20H18BrN3O3. The van der Waals surface area contributed by atoms with Crippen LogP contribution in [0, 0.1) is 0 Å². The van der Waals surface area contributed by atoms with Gasteiger partial charge in [-0.1, -0.05) is 28.1 Å². The van der Waals surface area contributed by atoms with Crippen LogP contribution in [0.2, 0.25) is 0 Å². The predicted octanol–water partition coefficient (Wildman–Crippen LogP) is 3.58. The second-order valence-electron chi connectivity index (χ2n) is 6.58. The number of nitrogens with zero attached hydrogens (tertiary/aromatic N) is 3. The number of aryl methyl sites for hydroxylation is 2. The van der Waals surface area contributed by atoms with E-state index in [2.05, 4.69) is 22.0 Å². The molecule has 2 aromatic carbocycles. The van der Waals surface area contributed by atoms with Crippen LogP contribution in [0.5, 0.6) is 0 Å². The highest BCUT2D eigenvalue weighted by Gasteiger charge is 2.15. The van der Waals surface area contributed by atoms with Gasteiger partial charge >= 0.3 is 11.7 Å². The molecule has 0 atom stereocenters. The Labute approximate surface area is 163 Å². The second kappa shape index (κ2) is 6.74. The van der Waals surface area contributed by atoms with Gasteiger partial charge < -0.3 is 9.67 Å². The van der Waals surface area contributed by atoms with Crippen LogP contribution in [0.3, 0.4) is 0 Å². The molecule has 0 saturated carbocycles. The fourth-order valence-corrected chi connectivity index (χ4v) is 4.05. The van der Waals surface area contributed by atoms with Crippen molar-refractivity contribution >= 4 is 43.8 Å². The zero-order chi connectivity index (χ0) is 19.1. The van der Waals surface area contributed by atoms with Gasteiger partial charge in [0.25, 0.3) is 0 Å². The quantitative estimate of drug-likeness (QED) is 0.529. The van der Waals surface area contributed by atoms with Gasteiger partial charge in [-0.25, -0.2) is 4.79 Å². The largest absolute Gasteiger partial charge is 0.481 e. The molecule has 0 spiro atoms. The normalized spacial score (nSPS) is 11.5. The maximum atomic E-state index is 13.0. The summed E-state index contributed by atoms with van der Waals surface area (Å²) in [4.78, 5) is 24.0. The summed E-state index contributed by atoms with van der Waals surface area (Å²) in [7, 11) is 1.99. The number of aliphatic carboxylic acids is 1. The Bertz CT molecular complexity index is 1230. The van der Waals surface area contributed by atoms with Gasteiger partial charge in [-0.2, -0.15) is 0 Å². The molecule has 0 aliphatic carbocycles. The monoisotopic (exact) mass is 427 g/mol. The first-order valence-electron chi connectivity index (χ1n) is 8.59. The Hall–Kier alpha value is -2.80. The number of halogens is 1. The standard InChI is InChI=1S/C20H18BrN3O3/c1-22-8-6-15-13(10-14(21)11-18(15)22)12-24-17-5-3-2-4-16(17)23(20(24)27)9-7-19(25)26/h2-6,8,10-11H,7,9,12H2,1H3,(H,25,26). The van der Waals surface area contributed by atoms with Gasteiger partial charge in [0, 0.05) is 35.2 Å². The average molecular weight is 428 g/mol. The Kier molecular flexibility index (Phi) is 4.39. The van der Waals surface area contributed by atoms with Crippen LogP contribution in [-0.2, 0) is 24.9 Å². The number of para-hydroxylation sites is 2. The van der Waals surface area contributed by atoms with Gasteiger partial charge in [0.15, 0.2) is 0 Å². The fraction of sp³-hybridized carbons (Fsp3) is 0.200. The summed E-state index contributed by atoms with van der Waals surface area (Å²) in [6, 6.07) is 13.6. The molecule has 0 aliphatic rings. The topological polar surface area (TPSA) is 69.2 Å². The number of benzene rings is 2. The Balaban J connectivity index is 1.87. The number of aromatic nitrogens is 3. The summed E-state index contributed by atoms with van der Waals surface area (Å²) in [6.07, 6.45) is 1.91. The minimum Gasteiger partial charge on any atom is -0.481 e. The maximum Gasteiger partial charge on any atom is 0.329 e. The lowest BCUT2D eigenvalue weighted by molar-refractivity contribution is -0.137. The second-order valence-corrected chi connectivity index (χ2v) is 7.49. The molecule has 4 aromatic rings. The van der Waals surface area contributed by atoms with Crippen LogP contribution in [0.1, 0.15) is 12.0 Å². The number of rotatable bonds is 5. The SMILES string of the molecule is Cn1ccc2c(Cn3c(=O)n(CCC(=O)O)c4ccccc43)cc(Br)cc21. The van der Waals surface area contributed by atoms with Crippen LogP contribution >= 0.6 is 15.9 Å². The number of carboxylic acid groups (broad SMARTS) is 1. The van der Waals surface area contributed by atoms with Gasteiger partial charge in [-0.3, -0.25) is 13.9 Å². The summed E-state index contributed by atoms with van der Waals surface area (Å²) in [5, 5.41) is 10.1. The zero-order valence-electron chi connectivity index (χ0n) is 14.7. The zero-order valence-corrected chi connectivity index (χ0v) is 16.3. The van der Waals surface area contributed by atoms with Crippen molar-refractivity contribution in [1.29, 1.82) is 0 Å². The van der Waals surface area contributed by atoms with Crippen LogP contribution in [0.15, 0.2) is 57.9 Å². The Morgan fingerprint density at radius 3 is 2.48 bits per heavy atom. The van der Waals surface area contributed by atoms with E-state index in [-0.39, 0.29) is 18.7 Å². The van der Waals surface area contributed by atoms with E-state index in [9.17, 15) is 9.59 Å². The Morgan fingerprint density at radius 2 is 1.78 bits per heavy atom. The van der Waals surface area contributed by atoms with Crippen molar-refractivity contribution in [1.82, 2.24) is 13.7 Å². The highest BCUT2D eigenvalue weighted by atomic mass is 79.9. The minimum absolute atomic E-state index is 0.0896. The van der Waals surface area contributed by atoms with E-state index >= 15 is 0 Å². The highest BCUT2D eigenvalue weighted by Crippen LogP contribution is 2.26. The van der Waals surface area contributed by atoms with E-state index in [0.29, 0.717) is 6.54 Å². The number of fused-ring (bicyclic) bond motifs is 2. The summed E-state index contributed by atoms with van der Waals surface area (Å²) < 4.78 is 6.26. The molecule has 0 radical (unpaired) electrons. The van der Waals surface area contributed by atoms with Crippen molar-refractivity contribution in [3.8, 4) is 0 Å². The predicted molar refractivity (Wildman–Crippen MR) is 108 cm³/mol. The molecule has 138 valence electrons. The molecule has 27 heavy (non-hydrogen) atoms. The third-order valence-electron chi connectivity index (χ3n) is 4.86. The highest BCUT2D eigenvalue weighted by molar-refractivity contribution is 9.10. The summed E-state index contributed by atoms with van der Waals surface area (Å²) in [5.41, 5.74) is 3.48. The third-order valence-corrected chi connectivity index (χ3v) is 5.31. The number of hydrogen-bond acceptors (Lipinski definition) is 2. The lowest BCUT2D eigenvalue weighted by atomic mass is 10.1. The molecule has 0 amide bonds. The molecule has 0 fully saturated rings. The first-order valence-corrected chi connectivity index (χ1v) is 9.38. The minimum atomic E-state index is -0.920. The van der Waals surface area contributed by atoms with Crippen molar-refractivity contribution in [2.24, 2.45) is 7.05 Å². The number of carbonyl (C=O) groups is 1. The van der Waals surface area contributed by atoms with Gasteiger partial charge in [0.05, 0.1) is 24.0 Å². The molecule has 0 aliphatic heterocycles. The molecule has 0 unspecified atom stereocenters. The average Bonchev–Trinajstić information content (AvgIpc) is 3.12. The number of carboxylic acids is 1. The summed E-state index contributed by atoms with van der Waals surface area (Å²) in [6.45, 7) is 0.570. The maximum absolute atomic E-state index is 13.0. The van der Waals surface area contributed by atoms with E-state index in [1.807, 2.05) is 54.2 Å². The molecular weight excluding hydrogens is 410 g/mol. The van der Waals surface area contributed by atoms with Crippen molar-refractivity contribution in [2.75, 3.05) is 0 Å². The molecule has 1 N–H and O–H groups in total. The molecule has 4 rings (SSSR count). The van der Waals surface area contributed by atoms with E-state index in [4.69, 9.17) is 5.11 Å². The van der Waals surface area contributed by atoms with Crippen LogP contribution in [-0.4, -0.2) is 24.8 Å². The smallest absolute Gasteiger partial charge is 0.329 e. The van der Waals surface area contributed by atoms with Crippen molar-refractivity contribution < 1.29 is 9.90 Å². The van der Waals surface area contributed by atoms with Crippen LogP contribution in [0.25, 0.3) is 21.9 Å². The molecule has 0 bridgehead atoms. The van der Waals surface area contributed by atoms with E-state index in [0.717, 1.165) is 32.0 Å². The molecule has 0 saturated heterocycles. The Morgan fingerprint density at radius 1 is 1.07 bits per heavy atom.